The average molecular weight is 468 g/mol. The van der Waals surface area contributed by atoms with Crippen LogP contribution in [0.25, 0.3) is 10.1 Å². The van der Waals surface area contributed by atoms with Crippen LogP contribution in [0.3, 0.4) is 0 Å². The predicted octanol–water partition coefficient (Wildman–Crippen LogP) is 4.65. The highest BCUT2D eigenvalue weighted by molar-refractivity contribution is 7.49. The van der Waals surface area contributed by atoms with Gasteiger partial charge in [0.05, 0.1) is 19.8 Å². The lowest BCUT2D eigenvalue weighted by Gasteiger charge is -2.22. The van der Waals surface area contributed by atoms with Crippen LogP contribution < -0.4 is 5.09 Å². The molecule has 0 aliphatic rings. The molecule has 1 heterocycles. The van der Waals surface area contributed by atoms with Gasteiger partial charge in [0, 0.05) is 18.0 Å². The molecule has 0 saturated heterocycles. The average Bonchev–Trinajstić information content (AvgIpc) is 3.19. The fraction of sp³-hybridized carbons (Fsp3) is 0.455. The summed E-state index contributed by atoms with van der Waals surface area (Å²) < 4.78 is 22.4. The van der Waals surface area contributed by atoms with Gasteiger partial charge < -0.3 is 18.7 Å². The Bertz CT molecular complexity index is 871. The first kappa shape index (κ1) is 25.4. The van der Waals surface area contributed by atoms with E-state index in [4.69, 9.17) is 18.7 Å². The fourth-order valence-corrected chi connectivity index (χ4v) is 5.17. The Labute approximate surface area is 188 Å². The van der Waals surface area contributed by atoms with Crippen molar-refractivity contribution >= 4 is 41.7 Å². The van der Waals surface area contributed by atoms with Crippen molar-refractivity contribution in [3.63, 3.8) is 0 Å². The Balaban J connectivity index is 2.09. The molecule has 2 unspecified atom stereocenters. The van der Waals surface area contributed by atoms with Crippen LogP contribution in [0, 0.1) is 0 Å². The number of thiophene rings is 1. The molecule has 0 bridgehead atoms. The monoisotopic (exact) mass is 467 g/mol. The van der Waals surface area contributed by atoms with E-state index in [0.717, 1.165) is 22.1 Å². The summed E-state index contributed by atoms with van der Waals surface area (Å²) in [7, 11) is 0.482. The number of hydrogen-bond acceptors (Lipinski definition) is 8. The maximum Gasteiger partial charge on any atom is 0.348 e. The molecule has 0 fully saturated rings. The molecule has 9 heteroatoms. The summed E-state index contributed by atoms with van der Waals surface area (Å²) in [5.74, 6) is -0.644. The quantitative estimate of drug-likeness (QED) is 0.187. The van der Waals surface area contributed by atoms with Gasteiger partial charge in [-0.3, -0.25) is 9.88 Å². The fourth-order valence-electron chi connectivity index (χ4n) is 2.62. The first-order valence-corrected chi connectivity index (χ1v) is 12.4. The molecule has 1 N–H and O–H groups in total. The SMILES string of the molecule is C=CCOC(=O)c1cc2cc(CP(NC(C)C(=O)OCCC)OCCOC)ccc2s1. The second-order valence-corrected chi connectivity index (χ2v) is 9.42. The van der Waals surface area contributed by atoms with E-state index in [1.54, 1.807) is 20.1 Å². The minimum absolute atomic E-state index is 0.186. The van der Waals surface area contributed by atoms with Gasteiger partial charge in [-0.1, -0.05) is 25.6 Å². The molecular formula is C22H30NO6PS. The van der Waals surface area contributed by atoms with Gasteiger partial charge >= 0.3 is 11.9 Å². The number of methoxy groups -OCH3 is 1. The van der Waals surface area contributed by atoms with Crippen LogP contribution in [-0.2, 0) is 29.7 Å². The summed E-state index contributed by atoms with van der Waals surface area (Å²) in [6, 6.07) is 7.39. The number of benzene rings is 1. The van der Waals surface area contributed by atoms with E-state index in [0.29, 0.717) is 30.9 Å². The van der Waals surface area contributed by atoms with E-state index in [9.17, 15) is 9.59 Å². The first-order valence-electron chi connectivity index (χ1n) is 10.1. The van der Waals surface area contributed by atoms with Crippen LogP contribution in [0.15, 0.2) is 36.9 Å². The Hall–Kier alpha value is -1.83. The largest absolute Gasteiger partial charge is 0.465 e. The Morgan fingerprint density at radius 2 is 2.03 bits per heavy atom. The molecule has 1 aromatic carbocycles. The third-order valence-electron chi connectivity index (χ3n) is 4.11. The van der Waals surface area contributed by atoms with Gasteiger partial charge in [-0.15, -0.1) is 11.3 Å². The number of carbonyl (C=O) groups is 2. The number of hydrogen-bond donors (Lipinski definition) is 1. The van der Waals surface area contributed by atoms with Crippen molar-refractivity contribution in [2.45, 2.75) is 32.5 Å². The molecule has 0 radical (unpaired) electrons. The number of nitrogens with one attached hydrogen (secondary N) is 1. The van der Waals surface area contributed by atoms with Crippen molar-refractivity contribution in [1.29, 1.82) is 0 Å². The Kier molecular flexibility index (Phi) is 11.1. The van der Waals surface area contributed by atoms with Gasteiger partial charge in [0.25, 0.3) is 0 Å². The Morgan fingerprint density at radius 3 is 2.74 bits per heavy atom. The zero-order valence-corrected chi connectivity index (χ0v) is 19.9. The summed E-state index contributed by atoms with van der Waals surface area (Å²) in [5, 5.41) is 4.23. The van der Waals surface area contributed by atoms with Gasteiger partial charge in [-0.25, -0.2) is 4.79 Å². The zero-order chi connectivity index (χ0) is 22.6. The highest BCUT2D eigenvalue weighted by Gasteiger charge is 2.21. The lowest BCUT2D eigenvalue weighted by molar-refractivity contribution is -0.145. The zero-order valence-electron chi connectivity index (χ0n) is 18.2. The van der Waals surface area contributed by atoms with Crippen LogP contribution in [0.2, 0.25) is 0 Å². The van der Waals surface area contributed by atoms with E-state index in [-0.39, 0.29) is 18.5 Å². The molecular weight excluding hydrogens is 437 g/mol. The molecule has 2 atom stereocenters. The van der Waals surface area contributed by atoms with E-state index >= 15 is 0 Å². The van der Waals surface area contributed by atoms with Gasteiger partial charge in [0.1, 0.15) is 25.8 Å². The van der Waals surface area contributed by atoms with Crippen molar-refractivity contribution in [2.75, 3.05) is 33.5 Å². The van der Waals surface area contributed by atoms with Crippen LogP contribution in [0.4, 0.5) is 0 Å². The molecule has 0 aliphatic heterocycles. The highest BCUT2D eigenvalue weighted by Crippen LogP contribution is 2.38. The predicted molar refractivity (Wildman–Crippen MR) is 125 cm³/mol. The molecule has 170 valence electrons. The van der Waals surface area contributed by atoms with Crippen LogP contribution in [0.1, 0.15) is 35.5 Å². The molecule has 31 heavy (non-hydrogen) atoms. The van der Waals surface area contributed by atoms with Crippen molar-refractivity contribution in [2.24, 2.45) is 0 Å². The summed E-state index contributed by atoms with van der Waals surface area (Å²) in [6.45, 7) is 8.76. The van der Waals surface area contributed by atoms with E-state index in [1.165, 1.54) is 11.3 Å². The third-order valence-corrected chi connectivity index (χ3v) is 7.03. The van der Waals surface area contributed by atoms with Crippen LogP contribution in [-0.4, -0.2) is 51.5 Å². The topological polar surface area (TPSA) is 83.1 Å². The van der Waals surface area contributed by atoms with Gasteiger partial charge in [0.2, 0.25) is 0 Å². The first-order chi connectivity index (χ1) is 15.0. The summed E-state index contributed by atoms with van der Waals surface area (Å²) in [5.41, 5.74) is 1.04. The van der Waals surface area contributed by atoms with Crippen molar-refractivity contribution in [3.8, 4) is 0 Å². The number of rotatable bonds is 14. The van der Waals surface area contributed by atoms with Crippen molar-refractivity contribution < 1.29 is 28.3 Å². The number of ether oxygens (including phenoxy) is 3. The minimum Gasteiger partial charge on any atom is -0.465 e. The van der Waals surface area contributed by atoms with Gasteiger partial charge in [-0.05, 0) is 42.5 Å². The smallest absolute Gasteiger partial charge is 0.348 e. The molecule has 1 aromatic heterocycles. The molecule has 2 aromatic rings. The van der Waals surface area contributed by atoms with E-state index in [1.807, 2.05) is 31.2 Å². The van der Waals surface area contributed by atoms with Crippen molar-refractivity contribution in [3.05, 3.63) is 47.4 Å². The third kappa shape index (κ3) is 8.31. The van der Waals surface area contributed by atoms with E-state index < -0.39 is 14.3 Å². The van der Waals surface area contributed by atoms with Crippen LogP contribution >= 0.6 is 19.6 Å². The number of fused-ring (bicyclic) bond motifs is 1. The highest BCUT2D eigenvalue weighted by atomic mass is 32.1. The summed E-state index contributed by atoms with van der Waals surface area (Å²) >= 11 is 1.39. The second kappa shape index (κ2) is 13.6. The van der Waals surface area contributed by atoms with Crippen molar-refractivity contribution in [1.82, 2.24) is 5.09 Å². The summed E-state index contributed by atoms with van der Waals surface area (Å²) in [4.78, 5) is 24.8. The molecule has 0 spiro atoms. The molecule has 7 nitrogen and oxygen atoms in total. The standard InChI is InChI=1S/C22H30NO6PS/c1-5-9-27-21(24)16(3)23-30(29-12-11-26-4)15-17-7-8-19-18(13-17)14-20(31-19)22(25)28-10-6-2/h6-8,13-14,16,23H,2,5,9-12,15H2,1,3-4H3. The second-order valence-electron chi connectivity index (χ2n) is 6.75. The van der Waals surface area contributed by atoms with E-state index in [2.05, 4.69) is 11.7 Å². The van der Waals surface area contributed by atoms with Gasteiger partial charge in [-0.2, -0.15) is 0 Å². The van der Waals surface area contributed by atoms with Gasteiger partial charge in [0.15, 0.2) is 0 Å². The molecule has 2 rings (SSSR count). The lowest BCUT2D eigenvalue weighted by atomic mass is 10.2. The molecule has 0 saturated carbocycles. The number of carbonyl (C=O) groups excluding carboxylic acids is 2. The number of esters is 2. The minimum atomic E-state index is -1.13. The van der Waals surface area contributed by atoms with Crippen LogP contribution in [0.5, 0.6) is 0 Å². The lowest BCUT2D eigenvalue weighted by Crippen LogP contribution is -2.33. The maximum absolute atomic E-state index is 12.1. The maximum atomic E-state index is 12.1. The Morgan fingerprint density at radius 1 is 1.23 bits per heavy atom. The molecule has 0 amide bonds. The normalized spacial score (nSPS) is 13.0. The summed E-state index contributed by atoms with van der Waals surface area (Å²) in [6.07, 6.45) is 2.93. The molecule has 0 aliphatic carbocycles.